The fourth-order valence-corrected chi connectivity index (χ4v) is 1.44. The van der Waals surface area contributed by atoms with Gasteiger partial charge in [0.25, 0.3) is 0 Å². The second kappa shape index (κ2) is 3.18. The van der Waals surface area contributed by atoms with E-state index in [0.29, 0.717) is 22.2 Å². The molecule has 0 spiro atoms. The molecule has 0 amide bonds. The molecule has 0 aliphatic rings. The average molecular weight is 191 g/mol. The molecule has 72 valence electrons. The van der Waals surface area contributed by atoms with Crippen molar-refractivity contribution in [3.8, 4) is 5.75 Å². The van der Waals surface area contributed by atoms with Crippen LogP contribution in [0.5, 0.6) is 5.75 Å². The van der Waals surface area contributed by atoms with E-state index in [1.54, 1.807) is 31.4 Å². The Balaban J connectivity index is 2.80. The van der Waals surface area contributed by atoms with Crippen molar-refractivity contribution >= 4 is 16.5 Å². The lowest BCUT2D eigenvalue weighted by molar-refractivity contribution is 0.415. The topological polar surface area (TPSA) is 35.2 Å². The average Bonchev–Trinajstić information content (AvgIpc) is 2.23. The van der Waals surface area contributed by atoms with E-state index in [-0.39, 0.29) is 5.82 Å². The summed E-state index contributed by atoms with van der Waals surface area (Å²) in [4.78, 5) is 0. The van der Waals surface area contributed by atoms with Gasteiger partial charge in [-0.25, -0.2) is 4.39 Å². The lowest BCUT2D eigenvalue weighted by atomic mass is 10.1. The van der Waals surface area contributed by atoms with Crippen LogP contribution >= 0.6 is 0 Å². The smallest absolute Gasteiger partial charge is 0.131 e. The molecule has 2 N–H and O–H groups in total. The molecule has 0 radical (unpaired) electrons. The number of halogens is 1. The van der Waals surface area contributed by atoms with Crippen molar-refractivity contribution < 1.29 is 9.13 Å². The molecule has 0 unspecified atom stereocenters. The van der Waals surface area contributed by atoms with Gasteiger partial charge in [0.2, 0.25) is 0 Å². The van der Waals surface area contributed by atoms with E-state index in [4.69, 9.17) is 10.5 Å². The molecular formula is C11H10FNO. The quantitative estimate of drug-likeness (QED) is 0.703. The number of nitrogens with two attached hydrogens (primary N) is 1. The zero-order valence-electron chi connectivity index (χ0n) is 7.75. The molecule has 2 rings (SSSR count). The van der Waals surface area contributed by atoms with E-state index < -0.39 is 0 Å². The zero-order valence-corrected chi connectivity index (χ0v) is 7.75. The minimum Gasteiger partial charge on any atom is -0.497 e. The van der Waals surface area contributed by atoms with Crippen molar-refractivity contribution in [2.45, 2.75) is 0 Å². The van der Waals surface area contributed by atoms with Gasteiger partial charge in [-0.05, 0) is 30.3 Å². The van der Waals surface area contributed by atoms with E-state index in [9.17, 15) is 4.39 Å². The van der Waals surface area contributed by atoms with Gasteiger partial charge in [-0.3, -0.25) is 0 Å². The Morgan fingerprint density at radius 1 is 1.14 bits per heavy atom. The first kappa shape index (κ1) is 8.81. The second-order valence-corrected chi connectivity index (χ2v) is 3.05. The lowest BCUT2D eigenvalue weighted by Gasteiger charge is -2.05. The third-order valence-electron chi connectivity index (χ3n) is 2.20. The van der Waals surface area contributed by atoms with Gasteiger partial charge in [0.1, 0.15) is 11.6 Å². The van der Waals surface area contributed by atoms with Gasteiger partial charge in [-0.15, -0.1) is 0 Å². The number of nitrogen functional groups attached to an aromatic ring is 1. The first-order chi connectivity index (χ1) is 6.72. The van der Waals surface area contributed by atoms with E-state index in [0.717, 1.165) is 0 Å². The maximum atomic E-state index is 13.3. The molecule has 0 saturated carbocycles. The van der Waals surface area contributed by atoms with Crippen molar-refractivity contribution in [1.82, 2.24) is 0 Å². The summed E-state index contributed by atoms with van der Waals surface area (Å²) in [5, 5.41) is 1.20. The molecule has 2 aromatic carbocycles. The van der Waals surface area contributed by atoms with Crippen LogP contribution in [0, 0.1) is 5.82 Å². The molecule has 0 aromatic heterocycles. The Kier molecular flexibility index (Phi) is 2.00. The van der Waals surface area contributed by atoms with Crippen LogP contribution in [0.25, 0.3) is 10.8 Å². The third kappa shape index (κ3) is 1.27. The van der Waals surface area contributed by atoms with Crippen molar-refractivity contribution in [3.63, 3.8) is 0 Å². The summed E-state index contributed by atoms with van der Waals surface area (Å²) in [6.45, 7) is 0. The van der Waals surface area contributed by atoms with Crippen LogP contribution in [0.15, 0.2) is 30.3 Å². The molecule has 14 heavy (non-hydrogen) atoms. The van der Waals surface area contributed by atoms with Gasteiger partial charge in [0.15, 0.2) is 0 Å². The normalized spacial score (nSPS) is 10.4. The van der Waals surface area contributed by atoms with Crippen LogP contribution in [-0.4, -0.2) is 7.11 Å². The van der Waals surface area contributed by atoms with Crippen molar-refractivity contribution in [1.29, 1.82) is 0 Å². The van der Waals surface area contributed by atoms with Gasteiger partial charge in [-0.2, -0.15) is 0 Å². The zero-order chi connectivity index (χ0) is 10.1. The lowest BCUT2D eigenvalue weighted by Crippen LogP contribution is -1.90. The Labute approximate surface area is 81.1 Å². The van der Waals surface area contributed by atoms with Gasteiger partial charge >= 0.3 is 0 Å². The molecule has 0 aliphatic heterocycles. The Morgan fingerprint density at radius 2 is 1.93 bits per heavy atom. The summed E-state index contributed by atoms with van der Waals surface area (Å²) in [5.74, 6) is 0.409. The van der Waals surface area contributed by atoms with Crippen LogP contribution in [0.1, 0.15) is 0 Å². The minimum atomic E-state index is -0.267. The van der Waals surface area contributed by atoms with Crippen molar-refractivity contribution in [2.75, 3.05) is 12.8 Å². The molecule has 0 heterocycles. The van der Waals surface area contributed by atoms with Gasteiger partial charge in [-0.1, -0.05) is 0 Å². The molecule has 0 bridgehead atoms. The van der Waals surface area contributed by atoms with E-state index in [2.05, 4.69) is 0 Å². The Hall–Kier alpha value is -1.77. The monoisotopic (exact) mass is 191 g/mol. The molecule has 2 aromatic rings. The van der Waals surface area contributed by atoms with Crippen LogP contribution in [0.2, 0.25) is 0 Å². The predicted octanol–water partition coefficient (Wildman–Crippen LogP) is 2.57. The van der Waals surface area contributed by atoms with Gasteiger partial charge < -0.3 is 10.5 Å². The highest BCUT2D eigenvalue weighted by molar-refractivity contribution is 5.94. The molecule has 0 fully saturated rings. The first-order valence-corrected chi connectivity index (χ1v) is 4.24. The standard InChI is InChI=1S/C11H10FNO/c1-14-7-2-3-8-9(6-7)11(13)5-4-10(8)12/h2-6H,13H2,1H3. The number of ether oxygens (including phenoxy) is 1. The van der Waals surface area contributed by atoms with Crippen LogP contribution in [0.3, 0.4) is 0 Å². The SMILES string of the molecule is COc1ccc2c(F)ccc(N)c2c1. The van der Waals surface area contributed by atoms with Crippen molar-refractivity contribution in [2.24, 2.45) is 0 Å². The summed E-state index contributed by atoms with van der Waals surface area (Å²) in [7, 11) is 1.57. The van der Waals surface area contributed by atoms with Gasteiger partial charge in [0.05, 0.1) is 7.11 Å². The summed E-state index contributed by atoms with van der Waals surface area (Å²) in [6.07, 6.45) is 0. The largest absolute Gasteiger partial charge is 0.497 e. The molecule has 0 atom stereocenters. The highest BCUT2D eigenvalue weighted by Crippen LogP contribution is 2.27. The fourth-order valence-electron chi connectivity index (χ4n) is 1.44. The van der Waals surface area contributed by atoms with Gasteiger partial charge in [0, 0.05) is 16.5 Å². The predicted molar refractivity (Wildman–Crippen MR) is 54.9 cm³/mol. The third-order valence-corrected chi connectivity index (χ3v) is 2.20. The summed E-state index contributed by atoms with van der Waals surface area (Å²) < 4.78 is 18.3. The van der Waals surface area contributed by atoms with Crippen molar-refractivity contribution in [3.05, 3.63) is 36.1 Å². The van der Waals surface area contributed by atoms with Crippen LogP contribution < -0.4 is 10.5 Å². The number of rotatable bonds is 1. The Bertz CT molecular complexity index is 482. The van der Waals surface area contributed by atoms with E-state index in [1.807, 2.05) is 0 Å². The highest BCUT2D eigenvalue weighted by Gasteiger charge is 2.04. The molecule has 3 heteroatoms. The van der Waals surface area contributed by atoms with E-state index >= 15 is 0 Å². The molecule has 0 aliphatic carbocycles. The number of anilines is 1. The number of methoxy groups -OCH3 is 1. The molecule has 0 saturated heterocycles. The second-order valence-electron chi connectivity index (χ2n) is 3.05. The number of benzene rings is 2. The minimum absolute atomic E-state index is 0.267. The van der Waals surface area contributed by atoms with Crippen LogP contribution in [-0.2, 0) is 0 Å². The van der Waals surface area contributed by atoms with Crippen LogP contribution in [0.4, 0.5) is 10.1 Å². The summed E-state index contributed by atoms with van der Waals surface area (Å²) in [6, 6.07) is 8.03. The first-order valence-electron chi connectivity index (χ1n) is 4.24. The highest BCUT2D eigenvalue weighted by atomic mass is 19.1. The fraction of sp³-hybridized carbons (Fsp3) is 0.0909. The summed E-state index contributed by atoms with van der Waals surface area (Å²) >= 11 is 0. The molecule has 2 nitrogen and oxygen atoms in total. The summed E-state index contributed by atoms with van der Waals surface area (Å²) in [5.41, 5.74) is 6.28. The van der Waals surface area contributed by atoms with E-state index in [1.165, 1.54) is 6.07 Å². The number of hydrogen-bond donors (Lipinski definition) is 1. The Morgan fingerprint density at radius 3 is 2.64 bits per heavy atom. The number of fused-ring (bicyclic) bond motifs is 1. The maximum Gasteiger partial charge on any atom is 0.131 e. The number of hydrogen-bond acceptors (Lipinski definition) is 2. The maximum absolute atomic E-state index is 13.3. The molecular weight excluding hydrogens is 181 g/mol.